The van der Waals surface area contributed by atoms with Gasteiger partial charge in [-0.25, -0.2) is 4.39 Å². The first-order chi connectivity index (χ1) is 7.50. The van der Waals surface area contributed by atoms with Gasteiger partial charge in [0, 0.05) is 6.54 Å². The Morgan fingerprint density at radius 1 is 1.31 bits per heavy atom. The van der Waals surface area contributed by atoms with Crippen LogP contribution in [0.1, 0.15) is 32.3 Å². The Labute approximate surface area is 96.5 Å². The highest BCUT2D eigenvalue weighted by atomic mass is 19.1. The second-order valence-corrected chi connectivity index (χ2v) is 4.27. The molecule has 0 saturated heterocycles. The number of aryl methyl sites for hydroxylation is 1. The Morgan fingerprint density at radius 2 is 1.94 bits per heavy atom. The van der Waals surface area contributed by atoms with E-state index in [-0.39, 0.29) is 5.82 Å². The average Bonchev–Trinajstić information content (AvgIpc) is 2.30. The van der Waals surface area contributed by atoms with Gasteiger partial charge in [-0.1, -0.05) is 19.9 Å². The number of nitrogens with one attached hydrogen (secondary N) is 1. The lowest BCUT2D eigenvalue weighted by atomic mass is 9.97. The van der Waals surface area contributed by atoms with E-state index in [0.29, 0.717) is 25.1 Å². The maximum Gasteiger partial charge on any atom is 0.146 e. The Balaban J connectivity index is 2.70. The molecule has 0 fully saturated rings. The lowest BCUT2D eigenvalue weighted by Gasteiger charge is -2.26. The minimum absolute atomic E-state index is 0.278. The summed E-state index contributed by atoms with van der Waals surface area (Å²) in [4.78, 5) is 0. The zero-order valence-electron chi connectivity index (χ0n) is 10.2. The van der Waals surface area contributed by atoms with Crippen molar-refractivity contribution in [3.05, 3.63) is 29.6 Å². The molecule has 0 aromatic heterocycles. The third kappa shape index (κ3) is 3.20. The van der Waals surface area contributed by atoms with Crippen molar-refractivity contribution < 1.29 is 9.50 Å². The molecule has 1 rings (SSSR count). The Kier molecular flexibility index (Phi) is 4.30. The lowest BCUT2D eigenvalue weighted by Crippen LogP contribution is -2.35. The van der Waals surface area contributed by atoms with Crippen LogP contribution >= 0.6 is 0 Å². The topological polar surface area (TPSA) is 32.3 Å². The maximum atomic E-state index is 13.4. The quantitative estimate of drug-likeness (QED) is 0.807. The SMILES string of the molecule is CCC(O)(CC)CNc1cc(C)ccc1F. The zero-order valence-corrected chi connectivity index (χ0v) is 10.2. The summed E-state index contributed by atoms with van der Waals surface area (Å²) in [5.74, 6) is -0.278. The van der Waals surface area contributed by atoms with E-state index in [4.69, 9.17) is 0 Å². The van der Waals surface area contributed by atoms with E-state index < -0.39 is 5.60 Å². The number of halogens is 1. The van der Waals surface area contributed by atoms with Gasteiger partial charge in [-0.2, -0.15) is 0 Å². The highest BCUT2D eigenvalue weighted by Crippen LogP contribution is 2.19. The monoisotopic (exact) mass is 225 g/mol. The molecule has 3 heteroatoms. The number of rotatable bonds is 5. The highest BCUT2D eigenvalue weighted by molar-refractivity contribution is 5.47. The van der Waals surface area contributed by atoms with E-state index >= 15 is 0 Å². The van der Waals surface area contributed by atoms with Crippen molar-refractivity contribution in [1.82, 2.24) is 0 Å². The number of benzene rings is 1. The standard InChI is InChI=1S/C13H20FNO/c1-4-13(16,5-2)9-15-12-8-10(3)6-7-11(12)14/h6-8,15-16H,4-5,9H2,1-3H3. The fraction of sp³-hybridized carbons (Fsp3) is 0.538. The van der Waals surface area contributed by atoms with Crippen LogP contribution in [0, 0.1) is 12.7 Å². The fourth-order valence-corrected chi connectivity index (χ4v) is 1.53. The summed E-state index contributed by atoms with van der Waals surface area (Å²) in [6.07, 6.45) is 1.31. The van der Waals surface area contributed by atoms with E-state index in [2.05, 4.69) is 5.32 Å². The molecule has 16 heavy (non-hydrogen) atoms. The molecule has 0 radical (unpaired) electrons. The number of hydrogen-bond acceptors (Lipinski definition) is 2. The predicted octanol–water partition coefficient (Wildman–Crippen LogP) is 3.10. The molecule has 0 bridgehead atoms. The summed E-state index contributed by atoms with van der Waals surface area (Å²) in [6, 6.07) is 4.92. The lowest BCUT2D eigenvalue weighted by molar-refractivity contribution is 0.0456. The van der Waals surface area contributed by atoms with Crippen molar-refractivity contribution in [2.75, 3.05) is 11.9 Å². The van der Waals surface area contributed by atoms with E-state index in [0.717, 1.165) is 5.56 Å². The molecule has 1 aromatic carbocycles. The molecule has 0 aliphatic heterocycles. The van der Waals surface area contributed by atoms with Crippen molar-refractivity contribution in [3.8, 4) is 0 Å². The van der Waals surface area contributed by atoms with Crippen LogP contribution in [-0.2, 0) is 0 Å². The van der Waals surface area contributed by atoms with Gasteiger partial charge in [0.1, 0.15) is 5.82 Å². The molecule has 0 aliphatic rings. The van der Waals surface area contributed by atoms with Crippen LogP contribution < -0.4 is 5.32 Å². The second-order valence-electron chi connectivity index (χ2n) is 4.27. The maximum absolute atomic E-state index is 13.4. The minimum atomic E-state index is -0.754. The van der Waals surface area contributed by atoms with Crippen LogP contribution in [0.5, 0.6) is 0 Å². The van der Waals surface area contributed by atoms with Crippen LogP contribution in [0.4, 0.5) is 10.1 Å². The smallest absolute Gasteiger partial charge is 0.146 e. The molecule has 0 spiro atoms. The third-order valence-corrected chi connectivity index (χ3v) is 3.05. The molecule has 90 valence electrons. The van der Waals surface area contributed by atoms with Gasteiger partial charge in [-0.3, -0.25) is 0 Å². The first kappa shape index (κ1) is 13.0. The molecule has 0 amide bonds. The van der Waals surface area contributed by atoms with E-state index in [1.165, 1.54) is 6.07 Å². The van der Waals surface area contributed by atoms with Crippen LogP contribution in [-0.4, -0.2) is 17.3 Å². The molecule has 0 aliphatic carbocycles. The van der Waals surface area contributed by atoms with E-state index in [1.54, 1.807) is 12.1 Å². The summed E-state index contributed by atoms with van der Waals surface area (Å²) in [5.41, 5.74) is 0.705. The van der Waals surface area contributed by atoms with Crippen molar-refractivity contribution >= 4 is 5.69 Å². The highest BCUT2D eigenvalue weighted by Gasteiger charge is 2.21. The Morgan fingerprint density at radius 3 is 2.50 bits per heavy atom. The third-order valence-electron chi connectivity index (χ3n) is 3.05. The number of aliphatic hydroxyl groups is 1. The summed E-state index contributed by atoms with van der Waals surface area (Å²) < 4.78 is 13.4. The van der Waals surface area contributed by atoms with Gasteiger partial charge in [0.2, 0.25) is 0 Å². The first-order valence-electron chi connectivity index (χ1n) is 5.73. The molecule has 1 aromatic rings. The first-order valence-corrected chi connectivity index (χ1v) is 5.73. The predicted molar refractivity (Wildman–Crippen MR) is 65.2 cm³/mol. The molecule has 2 N–H and O–H groups in total. The normalized spacial score (nSPS) is 11.6. The molecular weight excluding hydrogens is 205 g/mol. The molecule has 0 saturated carbocycles. The van der Waals surface area contributed by atoms with Gasteiger partial charge in [-0.05, 0) is 37.5 Å². The van der Waals surface area contributed by atoms with Crippen LogP contribution in [0.25, 0.3) is 0 Å². The van der Waals surface area contributed by atoms with Crippen LogP contribution in [0.15, 0.2) is 18.2 Å². The van der Waals surface area contributed by atoms with Crippen LogP contribution in [0.2, 0.25) is 0 Å². The van der Waals surface area contributed by atoms with Gasteiger partial charge >= 0.3 is 0 Å². The van der Waals surface area contributed by atoms with Crippen molar-refractivity contribution in [3.63, 3.8) is 0 Å². The van der Waals surface area contributed by atoms with Gasteiger partial charge in [0.25, 0.3) is 0 Å². The molecule has 0 heterocycles. The molecular formula is C13H20FNO. The summed E-state index contributed by atoms with van der Waals surface area (Å²) in [7, 11) is 0. The summed E-state index contributed by atoms with van der Waals surface area (Å²) >= 11 is 0. The summed E-state index contributed by atoms with van der Waals surface area (Å²) in [6.45, 7) is 6.15. The minimum Gasteiger partial charge on any atom is -0.388 e. The van der Waals surface area contributed by atoms with Gasteiger partial charge < -0.3 is 10.4 Å². The molecule has 2 nitrogen and oxygen atoms in total. The molecule has 0 atom stereocenters. The fourth-order valence-electron chi connectivity index (χ4n) is 1.53. The molecule has 0 unspecified atom stereocenters. The van der Waals surface area contributed by atoms with Crippen molar-refractivity contribution in [1.29, 1.82) is 0 Å². The summed E-state index contributed by atoms with van der Waals surface area (Å²) in [5, 5.41) is 13.0. The van der Waals surface area contributed by atoms with Crippen molar-refractivity contribution in [2.24, 2.45) is 0 Å². The Bertz CT molecular complexity index is 348. The average molecular weight is 225 g/mol. The van der Waals surface area contributed by atoms with E-state index in [1.807, 2.05) is 20.8 Å². The largest absolute Gasteiger partial charge is 0.388 e. The zero-order chi connectivity index (χ0) is 12.2. The van der Waals surface area contributed by atoms with Crippen molar-refractivity contribution in [2.45, 2.75) is 39.2 Å². The van der Waals surface area contributed by atoms with E-state index in [9.17, 15) is 9.50 Å². The number of anilines is 1. The Hall–Kier alpha value is -1.09. The van der Waals surface area contributed by atoms with Gasteiger partial charge in [0.05, 0.1) is 11.3 Å². The number of hydrogen-bond donors (Lipinski definition) is 2. The second kappa shape index (κ2) is 5.30. The van der Waals surface area contributed by atoms with Gasteiger partial charge in [-0.15, -0.1) is 0 Å². The van der Waals surface area contributed by atoms with Gasteiger partial charge in [0.15, 0.2) is 0 Å². The van der Waals surface area contributed by atoms with Crippen LogP contribution in [0.3, 0.4) is 0 Å².